The van der Waals surface area contributed by atoms with E-state index in [0.29, 0.717) is 23.8 Å². The summed E-state index contributed by atoms with van der Waals surface area (Å²) in [6.45, 7) is 5.11. The van der Waals surface area contributed by atoms with Crippen molar-refractivity contribution in [3.8, 4) is 0 Å². The highest BCUT2D eigenvalue weighted by atomic mass is 35.5. The van der Waals surface area contributed by atoms with Gasteiger partial charge in [-0.25, -0.2) is 0 Å². The molecule has 2 amide bonds. The lowest BCUT2D eigenvalue weighted by atomic mass is 10.1. The summed E-state index contributed by atoms with van der Waals surface area (Å²) in [5, 5.41) is 3.10. The van der Waals surface area contributed by atoms with Crippen LogP contribution >= 0.6 is 11.6 Å². The van der Waals surface area contributed by atoms with Gasteiger partial charge in [-0.2, -0.15) is 0 Å². The number of hydrogen-bond donors (Lipinski definition) is 1. The number of aryl methyl sites for hydroxylation is 2. The lowest BCUT2D eigenvalue weighted by Gasteiger charge is -2.26. The monoisotopic (exact) mass is 294 g/mol. The van der Waals surface area contributed by atoms with Gasteiger partial charge in [0.15, 0.2) is 0 Å². The topological polar surface area (TPSA) is 49.4 Å². The van der Waals surface area contributed by atoms with Gasteiger partial charge in [0.25, 0.3) is 0 Å². The molecule has 0 aromatic heterocycles. The number of carbonyl (C=O) groups excluding carboxylic acids is 2. The molecule has 0 bridgehead atoms. The number of nitrogens with zero attached hydrogens (tertiary/aromatic N) is 1. The summed E-state index contributed by atoms with van der Waals surface area (Å²) >= 11 is 6.13. The number of likely N-dealkylation sites (tertiary alicyclic amines) is 1. The van der Waals surface area contributed by atoms with Crippen molar-refractivity contribution >= 4 is 29.1 Å². The van der Waals surface area contributed by atoms with Crippen molar-refractivity contribution in [3.63, 3.8) is 0 Å². The number of anilines is 1. The predicted octanol–water partition coefficient (Wildman–Crippen LogP) is 2.91. The maximum absolute atomic E-state index is 12.1. The quantitative estimate of drug-likeness (QED) is 0.810. The molecule has 5 heteroatoms. The van der Waals surface area contributed by atoms with E-state index >= 15 is 0 Å². The molecular weight excluding hydrogens is 276 g/mol. The van der Waals surface area contributed by atoms with E-state index in [1.807, 2.05) is 19.9 Å². The minimum atomic E-state index is -0.610. The van der Waals surface area contributed by atoms with Crippen LogP contribution in [0.5, 0.6) is 0 Å². The van der Waals surface area contributed by atoms with E-state index in [9.17, 15) is 9.59 Å². The van der Waals surface area contributed by atoms with Crippen LogP contribution in [0.2, 0.25) is 5.02 Å². The largest absolute Gasteiger partial charge is 0.334 e. The summed E-state index contributed by atoms with van der Waals surface area (Å²) in [7, 11) is 0. The molecule has 1 heterocycles. The van der Waals surface area contributed by atoms with Crippen LogP contribution in [0.15, 0.2) is 12.1 Å². The first-order valence-electron chi connectivity index (χ1n) is 6.86. The number of nitrogens with one attached hydrogen (secondary N) is 1. The van der Waals surface area contributed by atoms with Crippen LogP contribution in [0, 0.1) is 13.8 Å². The molecular formula is C15H19ClN2O2. The first kappa shape index (κ1) is 14.9. The summed E-state index contributed by atoms with van der Waals surface area (Å²) in [4.78, 5) is 25.7. The van der Waals surface area contributed by atoms with Crippen LogP contribution in [-0.2, 0) is 9.59 Å². The fourth-order valence-corrected chi connectivity index (χ4v) is 2.85. The normalized spacial score (nSPS) is 15.1. The zero-order valence-corrected chi connectivity index (χ0v) is 12.6. The van der Waals surface area contributed by atoms with Gasteiger partial charge in [-0.1, -0.05) is 17.7 Å². The third-order valence-electron chi connectivity index (χ3n) is 3.51. The third-order valence-corrected chi connectivity index (χ3v) is 3.81. The van der Waals surface area contributed by atoms with Crippen molar-refractivity contribution in [3.05, 3.63) is 28.3 Å². The van der Waals surface area contributed by atoms with Crippen molar-refractivity contribution in [1.29, 1.82) is 0 Å². The number of benzene rings is 1. The van der Waals surface area contributed by atoms with Gasteiger partial charge in [0.1, 0.15) is 0 Å². The summed E-state index contributed by atoms with van der Waals surface area (Å²) in [5.74, 6) is -1.08. The van der Waals surface area contributed by atoms with Crippen molar-refractivity contribution in [2.24, 2.45) is 0 Å². The zero-order chi connectivity index (χ0) is 14.7. The van der Waals surface area contributed by atoms with Gasteiger partial charge in [-0.3, -0.25) is 9.59 Å². The molecule has 1 aliphatic rings. The molecule has 0 radical (unpaired) electrons. The molecule has 20 heavy (non-hydrogen) atoms. The lowest BCUT2D eigenvalue weighted by molar-refractivity contribution is -0.143. The Morgan fingerprint density at radius 2 is 1.80 bits per heavy atom. The summed E-state index contributed by atoms with van der Waals surface area (Å²) in [5.41, 5.74) is 2.40. The molecule has 108 valence electrons. The Morgan fingerprint density at radius 1 is 1.15 bits per heavy atom. The Bertz CT molecular complexity index is 514. The van der Waals surface area contributed by atoms with Crippen molar-refractivity contribution in [2.75, 3.05) is 18.4 Å². The van der Waals surface area contributed by atoms with Gasteiger partial charge in [-0.05, 0) is 50.3 Å². The number of amides is 2. The molecule has 4 nitrogen and oxygen atoms in total. The van der Waals surface area contributed by atoms with E-state index in [0.717, 1.165) is 30.4 Å². The van der Waals surface area contributed by atoms with E-state index in [1.165, 1.54) is 0 Å². The minimum Gasteiger partial charge on any atom is -0.334 e. The second kappa shape index (κ2) is 6.27. The molecule has 1 saturated heterocycles. The number of piperidine rings is 1. The second-order valence-electron chi connectivity index (χ2n) is 5.25. The molecule has 0 aliphatic carbocycles. The Labute approximate surface area is 124 Å². The molecule has 2 rings (SSSR count). The molecule has 0 saturated carbocycles. The van der Waals surface area contributed by atoms with Gasteiger partial charge < -0.3 is 10.2 Å². The number of hydrogen-bond acceptors (Lipinski definition) is 2. The smallest absolute Gasteiger partial charge is 0.313 e. The van der Waals surface area contributed by atoms with Crippen LogP contribution in [0.25, 0.3) is 0 Å². The van der Waals surface area contributed by atoms with Crippen LogP contribution < -0.4 is 5.32 Å². The molecule has 1 fully saturated rings. The fraction of sp³-hybridized carbons (Fsp3) is 0.467. The molecule has 0 unspecified atom stereocenters. The molecule has 1 N–H and O–H groups in total. The van der Waals surface area contributed by atoms with Crippen LogP contribution in [-0.4, -0.2) is 29.8 Å². The fourth-order valence-electron chi connectivity index (χ4n) is 2.48. The SMILES string of the molecule is Cc1cc(C)c(NC(=O)C(=O)N2CCCCC2)c(Cl)c1. The Hall–Kier alpha value is -1.55. The predicted molar refractivity (Wildman–Crippen MR) is 80.0 cm³/mol. The van der Waals surface area contributed by atoms with Gasteiger partial charge in [0.05, 0.1) is 10.7 Å². The zero-order valence-electron chi connectivity index (χ0n) is 11.8. The number of halogens is 1. The Morgan fingerprint density at radius 3 is 2.40 bits per heavy atom. The summed E-state index contributed by atoms with van der Waals surface area (Å²) in [6, 6.07) is 3.70. The molecule has 1 aliphatic heterocycles. The van der Waals surface area contributed by atoms with E-state index < -0.39 is 11.8 Å². The van der Waals surface area contributed by atoms with E-state index in [2.05, 4.69) is 5.32 Å². The van der Waals surface area contributed by atoms with Crippen LogP contribution in [0.4, 0.5) is 5.69 Å². The molecule has 1 aromatic rings. The average molecular weight is 295 g/mol. The van der Waals surface area contributed by atoms with E-state index in [1.54, 1.807) is 11.0 Å². The number of carbonyl (C=O) groups is 2. The van der Waals surface area contributed by atoms with E-state index in [-0.39, 0.29) is 0 Å². The first-order valence-corrected chi connectivity index (χ1v) is 7.24. The maximum atomic E-state index is 12.1. The highest BCUT2D eigenvalue weighted by Crippen LogP contribution is 2.27. The Balaban J connectivity index is 2.09. The van der Waals surface area contributed by atoms with Crippen molar-refractivity contribution in [2.45, 2.75) is 33.1 Å². The van der Waals surface area contributed by atoms with Crippen molar-refractivity contribution < 1.29 is 9.59 Å². The van der Waals surface area contributed by atoms with Crippen molar-refractivity contribution in [1.82, 2.24) is 4.90 Å². The first-order chi connectivity index (χ1) is 9.49. The van der Waals surface area contributed by atoms with Gasteiger partial charge in [-0.15, -0.1) is 0 Å². The highest BCUT2D eigenvalue weighted by Gasteiger charge is 2.24. The van der Waals surface area contributed by atoms with Gasteiger partial charge in [0, 0.05) is 13.1 Å². The minimum absolute atomic E-state index is 0.460. The number of rotatable bonds is 1. The molecule has 0 atom stereocenters. The van der Waals surface area contributed by atoms with Crippen LogP contribution in [0.3, 0.4) is 0 Å². The molecule has 0 spiro atoms. The van der Waals surface area contributed by atoms with E-state index in [4.69, 9.17) is 11.6 Å². The standard InChI is InChI=1S/C15H19ClN2O2/c1-10-8-11(2)13(12(16)9-10)17-14(19)15(20)18-6-4-3-5-7-18/h8-9H,3-7H2,1-2H3,(H,17,19). The highest BCUT2D eigenvalue weighted by molar-refractivity contribution is 6.41. The van der Waals surface area contributed by atoms with Gasteiger partial charge in [0.2, 0.25) is 0 Å². The molecule has 1 aromatic carbocycles. The maximum Gasteiger partial charge on any atom is 0.313 e. The van der Waals surface area contributed by atoms with Gasteiger partial charge >= 0.3 is 11.8 Å². The summed E-state index contributed by atoms with van der Waals surface area (Å²) in [6.07, 6.45) is 3.04. The lowest BCUT2D eigenvalue weighted by Crippen LogP contribution is -2.42. The van der Waals surface area contributed by atoms with Crippen LogP contribution in [0.1, 0.15) is 30.4 Å². The Kier molecular flexibility index (Phi) is 4.65. The summed E-state index contributed by atoms with van der Waals surface area (Å²) < 4.78 is 0. The second-order valence-corrected chi connectivity index (χ2v) is 5.65. The average Bonchev–Trinajstić information content (AvgIpc) is 2.42. The third kappa shape index (κ3) is 3.31.